The zero-order chi connectivity index (χ0) is 16.4. The highest BCUT2D eigenvalue weighted by atomic mass is 32.2. The highest BCUT2D eigenvalue weighted by Gasteiger charge is 2.34. The quantitative estimate of drug-likeness (QED) is 0.332. The second-order valence-electron chi connectivity index (χ2n) is 5.15. The fraction of sp³-hybridized carbons (Fsp3) is 0.462. The SMILES string of the molecule is CCC(C)(NS(=O)(=O)c1c(C)cc(F)cc1C)C(N)=NO. The highest BCUT2D eigenvalue weighted by Crippen LogP contribution is 2.23. The molecule has 0 aromatic heterocycles. The van der Waals surface area contributed by atoms with E-state index in [1.54, 1.807) is 6.92 Å². The Morgan fingerprint density at radius 2 is 1.90 bits per heavy atom. The fourth-order valence-electron chi connectivity index (χ4n) is 2.08. The van der Waals surface area contributed by atoms with Crippen molar-refractivity contribution in [2.24, 2.45) is 10.9 Å². The predicted molar refractivity (Wildman–Crippen MR) is 78.3 cm³/mol. The molecule has 0 aliphatic carbocycles. The molecule has 0 radical (unpaired) electrons. The molecule has 0 fully saturated rings. The lowest BCUT2D eigenvalue weighted by Gasteiger charge is -2.28. The molecule has 118 valence electrons. The van der Waals surface area contributed by atoms with Crippen LogP contribution in [0.5, 0.6) is 0 Å². The number of sulfonamides is 1. The minimum Gasteiger partial charge on any atom is -0.409 e. The van der Waals surface area contributed by atoms with Crippen molar-refractivity contribution >= 4 is 15.9 Å². The van der Waals surface area contributed by atoms with Crippen LogP contribution in [-0.2, 0) is 10.0 Å². The van der Waals surface area contributed by atoms with Crippen molar-refractivity contribution in [1.29, 1.82) is 0 Å². The van der Waals surface area contributed by atoms with Crippen LogP contribution in [0.4, 0.5) is 4.39 Å². The maximum absolute atomic E-state index is 13.3. The Morgan fingerprint density at radius 1 is 1.43 bits per heavy atom. The number of oxime groups is 1. The van der Waals surface area contributed by atoms with Crippen LogP contribution in [0.1, 0.15) is 31.4 Å². The van der Waals surface area contributed by atoms with Crippen LogP contribution in [-0.4, -0.2) is 25.0 Å². The largest absolute Gasteiger partial charge is 0.409 e. The third-order valence-electron chi connectivity index (χ3n) is 3.43. The monoisotopic (exact) mass is 317 g/mol. The Bertz CT molecular complexity index is 650. The van der Waals surface area contributed by atoms with Crippen LogP contribution < -0.4 is 10.5 Å². The Labute approximate surface area is 123 Å². The van der Waals surface area contributed by atoms with E-state index in [2.05, 4.69) is 9.88 Å². The molecule has 0 heterocycles. The fourth-order valence-corrected chi connectivity index (χ4v) is 3.99. The molecule has 0 saturated carbocycles. The maximum atomic E-state index is 13.3. The van der Waals surface area contributed by atoms with E-state index in [0.29, 0.717) is 0 Å². The standard InChI is InChI=1S/C13H20FN3O3S/c1-5-13(4,12(15)16-18)17-21(19,20)11-8(2)6-10(14)7-9(11)3/h6-7,17-18H,5H2,1-4H3,(H2,15,16). The van der Waals surface area contributed by atoms with Gasteiger partial charge in [0.05, 0.1) is 10.4 Å². The number of rotatable bonds is 5. The Hall–Kier alpha value is -1.67. The van der Waals surface area contributed by atoms with Crippen LogP contribution >= 0.6 is 0 Å². The van der Waals surface area contributed by atoms with Crippen molar-refractivity contribution < 1.29 is 18.0 Å². The van der Waals surface area contributed by atoms with Gasteiger partial charge in [-0.15, -0.1) is 0 Å². The topological polar surface area (TPSA) is 105 Å². The van der Waals surface area contributed by atoms with Crippen LogP contribution in [0.3, 0.4) is 0 Å². The van der Waals surface area contributed by atoms with Crippen molar-refractivity contribution in [2.45, 2.75) is 44.6 Å². The van der Waals surface area contributed by atoms with Gasteiger partial charge in [0, 0.05) is 0 Å². The summed E-state index contributed by atoms with van der Waals surface area (Å²) in [6.45, 7) is 6.23. The summed E-state index contributed by atoms with van der Waals surface area (Å²) in [5, 5.41) is 11.7. The molecule has 1 unspecified atom stereocenters. The summed E-state index contributed by atoms with van der Waals surface area (Å²) >= 11 is 0. The number of aryl methyl sites for hydroxylation is 2. The first-order chi connectivity index (χ1) is 9.57. The lowest BCUT2D eigenvalue weighted by Crippen LogP contribution is -2.55. The summed E-state index contributed by atoms with van der Waals surface area (Å²) in [4.78, 5) is -0.00526. The smallest absolute Gasteiger partial charge is 0.242 e. The van der Waals surface area contributed by atoms with Gasteiger partial charge in [0.2, 0.25) is 10.0 Å². The molecule has 1 aromatic rings. The molecule has 1 rings (SSSR count). The third kappa shape index (κ3) is 3.51. The molecule has 0 aliphatic rings. The third-order valence-corrected chi connectivity index (χ3v) is 5.33. The normalized spacial score (nSPS) is 15.8. The molecular weight excluding hydrogens is 297 g/mol. The van der Waals surface area contributed by atoms with Gasteiger partial charge in [-0.25, -0.2) is 12.8 Å². The maximum Gasteiger partial charge on any atom is 0.242 e. The summed E-state index contributed by atoms with van der Waals surface area (Å²) in [5.74, 6) is -0.746. The number of nitrogens with zero attached hydrogens (tertiary/aromatic N) is 1. The lowest BCUT2D eigenvalue weighted by molar-refractivity contribution is 0.310. The number of amidine groups is 1. The number of halogens is 1. The average Bonchev–Trinajstić information content (AvgIpc) is 2.35. The molecule has 0 saturated heterocycles. The lowest BCUT2D eigenvalue weighted by atomic mass is 10.00. The summed E-state index contributed by atoms with van der Waals surface area (Å²) in [6.07, 6.45) is 0.279. The van der Waals surface area contributed by atoms with E-state index in [9.17, 15) is 12.8 Å². The first-order valence-electron chi connectivity index (χ1n) is 6.36. The molecular formula is C13H20FN3O3S. The minimum atomic E-state index is -3.95. The zero-order valence-corrected chi connectivity index (χ0v) is 13.3. The van der Waals surface area contributed by atoms with Gasteiger partial charge in [-0.3, -0.25) is 0 Å². The molecule has 1 atom stereocenters. The zero-order valence-electron chi connectivity index (χ0n) is 12.4. The summed E-state index contributed by atoms with van der Waals surface area (Å²) in [6, 6.07) is 2.29. The van der Waals surface area contributed by atoms with Crippen molar-refractivity contribution in [3.8, 4) is 0 Å². The van der Waals surface area contributed by atoms with Crippen molar-refractivity contribution in [1.82, 2.24) is 4.72 Å². The average molecular weight is 317 g/mol. The van der Waals surface area contributed by atoms with Gasteiger partial charge in [-0.1, -0.05) is 12.1 Å². The highest BCUT2D eigenvalue weighted by molar-refractivity contribution is 7.89. The minimum absolute atomic E-state index is 0.00526. The number of nitrogens with two attached hydrogens (primary N) is 1. The van der Waals surface area contributed by atoms with E-state index in [1.165, 1.54) is 20.8 Å². The first kappa shape index (κ1) is 17.4. The van der Waals surface area contributed by atoms with Crippen molar-refractivity contribution in [2.75, 3.05) is 0 Å². The number of hydrogen-bond donors (Lipinski definition) is 3. The van der Waals surface area contributed by atoms with E-state index < -0.39 is 21.4 Å². The van der Waals surface area contributed by atoms with E-state index in [4.69, 9.17) is 10.9 Å². The molecule has 8 heteroatoms. The number of nitrogens with one attached hydrogen (secondary N) is 1. The van der Waals surface area contributed by atoms with Crippen LogP contribution in [0.2, 0.25) is 0 Å². The van der Waals surface area contributed by atoms with Gasteiger partial charge in [0.25, 0.3) is 0 Å². The molecule has 0 aliphatic heterocycles. The van der Waals surface area contributed by atoms with Gasteiger partial charge >= 0.3 is 0 Å². The van der Waals surface area contributed by atoms with E-state index in [1.807, 2.05) is 0 Å². The van der Waals surface area contributed by atoms with Crippen LogP contribution in [0, 0.1) is 19.7 Å². The van der Waals surface area contributed by atoms with Gasteiger partial charge in [0.1, 0.15) is 5.82 Å². The molecule has 0 amide bonds. The van der Waals surface area contributed by atoms with Crippen LogP contribution in [0.25, 0.3) is 0 Å². The van der Waals surface area contributed by atoms with E-state index in [0.717, 1.165) is 12.1 Å². The van der Waals surface area contributed by atoms with Gasteiger partial charge in [0.15, 0.2) is 5.84 Å². The van der Waals surface area contributed by atoms with Crippen molar-refractivity contribution in [3.63, 3.8) is 0 Å². The van der Waals surface area contributed by atoms with Crippen LogP contribution in [0.15, 0.2) is 22.2 Å². The van der Waals surface area contributed by atoms with E-state index in [-0.39, 0.29) is 28.3 Å². The number of benzene rings is 1. The summed E-state index contributed by atoms with van der Waals surface area (Å²) in [7, 11) is -3.95. The number of hydrogen-bond acceptors (Lipinski definition) is 4. The second kappa shape index (κ2) is 5.98. The molecule has 1 aromatic carbocycles. The second-order valence-corrected chi connectivity index (χ2v) is 6.76. The summed E-state index contributed by atoms with van der Waals surface area (Å²) < 4.78 is 40.8. The van der Waals surface area contributed by atoms with E-state index >= 15 is 0 Å². The predicted octanol–water partition coefficient (Wildman–Crippen LogP) is 1.64. The molecule has 0 bridgehead atoms. The Morgan fingerprint density at radius 3 is 2.29 bits per heavy atom. The van der Waals surface area contributed by atoms with Gasteiger partial charge in [-0.2, -0.15) is 4.72 Å². The molecule has 6 nitrogen and oxygen atoms in total. The molecule has 21 heavy (non-hydrogen) atoms. The summed E-state index contributed by atoms with van der Waals surface area (Å²) in [5.41, 5.74) is 4.90. The van der Waals surface area contributed by atoms with Gasteiger partial charge < -0.3 is 10.9 Å². The first-order valence-corrected chi connectivity index (χ1v) is 7.84. The van der Waals surface area contributed by atoms with Crippen molar-refractivity contribution in [3.05, 3.63) is 29.1 Å². The van der Waals surface area contributed by atoms with Gasteiger partial charge in [-0.05, 0) is 50.5 Å². The Balaban J connectivity index is 3.37. The Kier molecular flexibility index (Phi) is 4.95. The molecule has 4 N–H and O–H groups in total. The molecule has 0 spiro atoms.